The molecule has 0 spiro atoms. The monoisotopic (exact) mass is 217 g/mol. The van der Waals surface area contributed by atoms with Crippen molar-refractivity contribution in [1.29, 1.82) is 0 Å². The van der Waals surface area contributed by atoms with Crippen LogP contribution in [-0.4, -0.2) is 4.98 Å². The zero-order valence-electron chi connectivity index (χ0n) is 8.36. The van der Waals surface area contributed by atoms with Gasteiger partial charge in [0.15, 0.2) is 0 Å². The number of alkyl halides is 1. The van der Waals surface area contributed by atoms with E-state index in [9.17, 15) is 0 Å². The van der Waals surface area contributed by atoms with E-state index in [1.165, 1.54) is 5.56 Å². The lowest BCUT2D eigenvalue weighted by Gasteiger charge is -2.01. The lowest BCUT2D eigenvalue weighted by atomic mass is 10.1. The van der Waals surface area contributed by atoms with E-state index in [1.54, 1.807) is 0 Å². The van der Waals surface area contributed by atoms with Crippen molar-refractivity contribution in [3.05, 3.63) is 65.5 Å². The van der Waals surface area contributed by atoms with E-state index < -0.39 is 0 Å². The fourth-order valence-electron chi connectivity index (χ4n) is 1.44. The van der Waals surface area contributed by atoms with Crippen molar-refractivity contribution in [3.63, 3.8) is 0 Å². The Morgan fingerprint density at radius 2 is 1.73 bits per heavy atom. The van der Waals surface area contributed by atoms with Gasteiger partial charge in [0.25, 0.3) is 0 Å². The van der Waals surface area contributed by atoms with Crippen LogP contribution in [0, 0.1) is 0 Å². The standard InChI is InChI=1S/C13H12ClN/c14-9-12-6-7-13(15-10-12)8-11-4-2-1-3-5-11/h1-7,10H,8-9H2. The molecule has 0 amide bonds. The Kier molecular flexibility index (Phi) is 3.36. The summed E-state index contributed by atoms with van der Waals surface area (Å²) in [5.41, 5.74) is 3.42. The van der Waals surface area contributed by atoms with Crippen LogP contribution in [0.15, 0.2) is 48.7 Å². The Labute approximate surface area is 94.7 Å². The maximum Gasteiger partial charge on any atom is 0.0489 e. The Balaban J connectivity index is 2.11. The molecule has 15 heavy (non-hydrogen) atoms. The first-order valence-electron chi connectivity index (χ1n) is 4.92. The van der Waals surface area contributed by atoms with Crippen molar-refractivity contribution in [2.45, 2.75) is 12.3 Å². The largest absolute Gasteiger partial charge is 0.261 e. The van der Waals surface area contributed by atoms with Gasteiger partial charge >= 0.3 is 0 Å². The van der Waals surface area contributed by atoms with E-state index in [0.717, 1.165) is 17.7 Å². The van der Waals surface area contributed by atoms with E-state index in [-0.39, 0.29) is 0 Å². The highest BCUT2D eigenvalue weighted by atomic mass is 35.5. The molecular formula is C13H12ClN. The quantitative estimate of drug-likeness (QED) is 0.718. The van der Waals surface area contributed by atoms with Crippen molar-refractivity contribution in [1.82, 2.24) is 4.98 Å². The molecule has 76 valence electrons. The van der Waals surface area contributed by atoms with Crippen LogP contribution in [0.5, 0.6) is 0 Å². The fourth-order valence-corrected chi connectivity index (χ4v) is 1.60. The molecule has 1 aromatic carbocycles. The second kappa shape index (κ2) is 4.94. The van der Waals surface area contributed by atoms with Gasteiger partial charge in [-0.25, -0.2) is 0 Å². The van der Waals surface area contributed by atoms with Crippen LogP contribution < -0.4 is 0 Å². The highest BCUT2D eigenvalue weighted by Gasteiger charge is 1.97. The van der Waals surface area contributed by atoms with Crippen LogP contribution in [0.2, 0.25) is 0 Å². The first-order chi connectivity index (χ1) is 7.38. The van der Waals surface area contributed by atoms with Crippen LogP contribution in [0.25, 0.3) is 0 Å². The molecule has 0 aliphatic rings. The molecule has 2 aromatic rings. The van der Waals surface area contributed by atoms with Crippen LogP contribution in [0.1, 0.15) is 16.8 Å². The van der Waals surface area contributed by atoms with Crippen LogP contribution in [0.4, 0.5) is 0 Å². The van der Waals surface area contributed by atoms with Gasteiger partial charge in [0.2, 0.25) is 0 Å². The molecule has 0 aliphatic heterocycles. The summed E-state index contributed by atoms with van der Waals surface area (Å²) in [5.74, 6) is 0.526. The smallest absolute Gasteiger partial charge is 0.0489 e. The molecule has 0 saturated carbocycles. The summed E-state index contributed by atoms with van der Waals surface area (Å²) in [6, 6.07) is 14.4. The van der Waals surface area contributed by atoms with Gasteiger partial charge < -0.3 is 0 Å². The number of hydrogen-bond acceptors (Lipinski definition) is 1. The predicted octanol–water partition coefficient (Wildman–Crippen LogP) is 3.41. The van der Waals surface area contributed by atoms with Gasteiger partial charge in [0, 0.05) is 24.2 Å². The second-order valence-corrected chi connectivity index (χ2v) is 3.72. The third-order valence-corrected chi connectivity index (χ3v) is 2.58. The minimum Gasteiger partial charge on any atom is -0.261 e. The molecule has 0 aliphatic carbocycles. The van der Waals surface area contributed by atoms with Crippen molar-refractivity contribution >= 4 is 11.6 Å². The SMILES string of the molecule is ClCc1ccc(Cc2ccccc2)nc1. The molecule has 1 heterocycles. The Hall–Kier alpha value is -1.34. The summed E-state index contributed by atoms with van der Waals surface area (Å²) >= 11 is 5.70. The van der Waals surface area contributed by atoms with E-state index in [2.05, 4.69) is 17.1 Å². The van der Waals surface area contributed by atoms with E-state index >= 15 is 0 Å². The third-order valence-electron chi connectivity index (χ3n) is 2.27. The zero-order chi connectivity index (χ0) is 10.5. The summed E-state index contributed by atoms with van der Waals surface area (Å²) < 4.78 is 0. The number of aromatic nitrogens is 1. The predicted molar refractivity (Wildman–Crippen MR) is 63.0 cm³/mol. The Bertz CT molecular complexity index is 408. The molecule has 2 rings (SSSR count). The Morgan fingerprint density at radius 3 is 2.33 bits per heavy atom. The molecule has 0 saturated heterocycles. The summed E-state index contributed by atoms with van der Waals surface area (Å²) in [5, 5.41) is 0. The number of nitrogens with zero attached hydrogens (tertiary/aromatic N) is 1. The van der Waals surface area contributed by atoms with Crippen molar-refractivity contribution < 1.29 is 0 Å². The van der Waals surface area contributed by atoms with E-state index in [0.29, 0.717) is 5.88 Å². The number of rotatable bonds is 3. The second-order valence-electron chi connectivity index (χ2n) is 3.45. The number of pyridine rings is 1. The van der Waals surface area contributed by atoms with Crippen LogP contribution in [-0.2, 0) is 12.3 Å². The van der Waals surface area contributed by atoms with Gasteiger partial charge in [0.05, 0.1) is 0 Å². The number of halogens is 1. The fraction of sp³-hybridized carbons (Fsp3) is 0.154. The average molecular weight is 218 g/mol. The van der Waals surface area contributed by atoms with Crippen LogP contribution >= 0.6 is 11.6 Å². The van der Waals surface area contributed by atoms with Gasteiger partial charge in [-0.3, -0.25) is 4.98 Å². The highest BCUT2D eigenvalue weighted by molar-refractivity contribution is 6.17. The van der Waals surface area contributed by atoms with Gasteiger partial charge in [-0.15, -0.1) is 11.6 Å². The highest BCUT2D eigenvalue weighted by Crippen LogP contribution is 2.08. The first-order valence-corrected chi connectivity index (χ1v) is 5.45. The number of hydrogen-bond donors (Lipinski definition) is 0. The topological polar surface area (TPSA) is 12.9 Å². The number of benzene rings is 1. The average Bonchev–Trinajstić information content (AvgIpc) is 2.31. The van der Waals surface area contributed by atoms with E-state index in [4.69, 9.17) is 11.6 Å². The summed E-state index contributed by atoms with van der Waals surface area (Å²) in [7, 11) is 0. The molecule has 0 fully saturated rings. The minimum absolute atomic E-state index is 0.526. The molecular weight excluding hydrogens is 206 g/mol. The van der Waals surface area contributed by atoms with Gasteiger partial charge in [-0.05, 0) is 17.2 Å². The third kappa shape index (κ3) is 2.80. The lowest BCUT2D eigenvalue weighted by Crippen LogP contribution is -1.92. The van der Waals surface area contributed by atoms with Gasteiger partial charge in [-0.1, -0.05) is 36.4 Å². The molecule has 1 nitrogen and oxygen atoms in total. The summed E-state index contributed by atoms with van der Waals surface area (Å²) in [6.45, 7) is 0. The lowest BCUT2D eigenvalue weighted by molar-refractivity contribution is 1.06. The summed E-state index contributed by atoms with van der Waals surface area (Å²) in [6.07, 6.45) is 2.72. The maximum absolute atomic E-state index is 5.70. The molecule has 0 atom stereocenters. The van der Waals surface area contributed by atoms with Crippen molar-refractivity contribution in [2.24, 2.45) is 0 Å². The van der Waals surface area contributed by atoms with Crippen LogP contribution in [0.3, 0.4) is 0 Å². The minimum atomic E-state index is 0.526. The molecule has 0 unspecified atom stereocenters. The summed E-state index contributed by atoms with van der Waals surface area (Å²) in [4.78, 5) is 4.36. The first kappa shape index (κ1) is 10.2. The maximum atomic E-state index is 5.70. The molecule has 0 N–H and O–H groups in total. The molecule has 1 aromatic heterocycles. The normalized spacial score (nSPS) is 10.2. The van der Waals surface area contributed by atoms with Crippen molar-refractivity contribution in [2.75, 3.05) is 0 Å². The van der Waals surface area contributed by atoms with Gasteiger partial charge in [-0.2, -0.15) is 0 Å². The zero-order valence-corrected chi connectivity index (χ0v) is 9.11. The Morgan fingerprint density at radius 1 is 0.933 bits per heavy atom. The van der Waals surface area contributed by atoms with Crippen molar-refractivity contribution in [3.8, 4) is 0 Å². The van der Waals surface area contributed by atoms with Gasteiger partial charge in [0.1, 0.15) is 0 Å². The molecule has 0 radical (unpaired) electrons. The molecule has 0 bridgehead atoms. The molecule has 2 heteroatoms. The van der Waals surface area contributed by atoms with E-state index in [1.807, 2.05) is 36.5 Å².